The first-order chi connectivity index (χ1) is 15.6. The molecule has 0 aromatic heterocycles. The van der Waals surface area contributed by atoms with Crippen molar-refractivity contribution in [3.63, 3.8) is 0 Å². The first-order valence-corrected chi connectivity index (χ1v) is 12.1. The van der Waals surface area contributed by atoms with Gasteiger partial charge in [0.15, 0.2) is 0 Å². The highest BCUT2D eigenvalue weighted by Crippen LogP contribution is 2.29. The van der Waals surface area contributed by atoms with E-state index in [1.54, 1.807) is 37.3 Å². The van der Waals surface area contributed by atoms with Crippen LogP contribution in [0, 0.1) is 6.92 Å². The Balaban J connectivity index is 1.40. The van der Waals surface area contributed by atoms with Gasteiger partial charge < -0.3 is 10.2 Å². The summed E-state index contributed by atoms with van der Waals surface area (Å²) in [6, 6.07) is 14.8. The van der Waals surface area contributed by atoms with Gasteiger partial charge in [-0.3, -0.25) is 14.5 Å². The van der Waals surface area contributed by atoms with E-state index < -0.39 is 40.0 Å². The minimum absolute atomic E-state index is 0.143. The van der Waals surface area contributed by atoms with Gasteiger partial charge in [0.1, 0.15) is 12.1 Å². The first kappa shape index (κ1) is 22.9. The van der Waals surface area contributed by atoms with Crippen LogP contribution >= 0.6 is 0 Å². The van der Waals surface area contributed by atoms with Crippen molar-refractivity contribution < 1.29 is 22.8 Å². The number of imide groups is 1. The minimum Gasteiger partial charge on any atom is -0.338 e. The van der Waals surface area contributed by atoms with Crippen LogP contribution in [0.2, 0.25) is 0 Å². The summed E-state index contributed by atoms with van der Waals surface area (Å²) < 4.78 is 26.9. The maximum Gasteiger partial charge on any atom is 0.325 e. The number of carbonyl (C=O) groups excluding carboxylic acids is 3. The van der Waals surface area contributed by atoms with E-state index >= 15 is 0 Å². The number of sulfonamides is 1. The van der Waals surface area contributed by atoms with Crippen LogP contribution in [0.5, 0.6) is 0 Å². The Bertz CT molecular complexity index is 1180. The van der Waals surface area contributed by atoms with E-state index in [0.29, 0.717) is 5.56 Å². The highest BCUT2D eigenvalue weighted by atomic mass is 32.2. The Morgan fingerprint density at radius 2 is 1.58 bits per heavy atom. The Morgan fingerprint density at radius 3 is 2.18 bits per heavy atom. The van der Waals surface area contributed by atoms with Gasteiger partial charge in [-0.2, -0.15) is 4.31 Å². The van der Waals surface area contributed by atoms with Crippen molar-refractivity contribution in [3.8, 4) is 0 Å². The fourth-order valence-corrected chi connectivity index (χ4v) is 5.52. The van der Waals surface area contributed by atoms with Crippen molar-refractivity contribution in [1.82, 2.24) is 19.4 Å². The number of hydrogen-bond donors (Lipinski definition) is 1. The molecule has 0 spiro atoms. The summed E-state index contributed by atoms with van der Waals surface area (Å²) in [5, 5.41) is 2.70. The minimum atomic E-state index is -3.63. The second kappa shape index (κ2) is 8.60. The summed E-state index contributed by atoms with van der Waals surface area (Å²) in [5.74, 6) is -0.890. The number of amides is 4. The van der Waals surface area contributed by atoms with Gasteiger partial charge in [0.2, 0.25) is 15.9 Å². The van der Waals surface area contributed by atoms with Crippen LogP contribution in [-0.2, 0) is 25.2 Å². The highest BCUT2D eigenvalue weighted by Gasteiger charge is 2.49. The molecule has 0 aliphatic carbocycles. The molecule has 4 amide bonds. The molecule has 2 fully saturated rings. The predicted molar refractivity (Wildman–Crippen MR) is 121 cm³/mol. The van der Waals surface area contributed by atoms with Gasteiger partial charge in [0.05, 0.1) is 4.90 Å². The lowest BCUT2D eigenvalue weighted by Crippen LogP contribution is -2.53. The lowest BCUT2D eigenvalue weighted by Gasteiger charge is -2.34. The summed E-state index contributed by atoms with van der Waals surface area (Å²) in [5.41, 5.74) is 0.425. The van der Waals surface area contributed by atoms with E-state index in [9.17, 15) is 22.8 Å². The van der Waals surface area contributed by atoms with Crippen LogP contribution in [0.25, 0.3) is 0 Å². The molecular weight excluding hydrogens is 444 g/mol. The fourth-order valence-electron chi connectivity index (χ4n) is 4.08. The molecule has 2 saturated heterocycles. The molecule has 0 radical (unpaired) electrons. The molecule has 10 heteroatoms. The predicted octanol–water partition coefficient (Wildman–Crippen LogP) is 1.30. The molecule has 2 aromatic rings. The largest absolute Gasteiger partial charge is 0.338 e. The van der Waals surface area contributed by atoms with Gasteiger partial charge in [-0.05, 0) is 31.5 Å². The molecular formula is C23H26N4O5S. The normalized spacial score (nSPS) is 21.9. The molecule has 1 N–H and O–H groups in total. The van der Waals surface area contributed by atoms with Crippen molar-refractivity contribution in [2.45, 2.75) is 24.3 Å². The SMILES string of the molecule is Cc1ccc(C2(C)NC(=O)N(CC(=O)N3CCN(S(=O)(=O)c4ccccc4)CC3)C2=O)cc1. The van der Waals surface area contributed by atoms with E-state index in [4.69, 9.17) is 0 Å². The number of urea groups is 1. The zero-order chi connectivity index (χ0) is 23.8. The Labute approximate surface area is 193 Å². The lowest BCUT2D eigenvalue weighted by atomic mass is 9.91. The molecule has 4 rings (SSSR count). The number of nitrogens with zero attached hydrogens (tertiary/aromatic N) is 3. The van der Waals surface area contributed by atoms with E-state index in [2.05, 4.69) is 5.32 Å². The number of carbonyl (C=O) groups is 3. The topological polar surface area (TPSA) is 107 Å². The van der Waals surface area contributed by atoms with E-state index in [-0.39, 0.29) is 31.1 Å². The Morgan fingerprint density at radius 1 is 0.970 bits per heavy atom. The zero-order valence-corrected chi connectivity index (χ0v) is 19.3. The van der Waals surface area contributed by atoms with Gasteiger partial charge in [0.25, 0.3) is 5.91 Å². The maximum atomic E-state index is 13.1. The smallest absolute Gasteiger partial charge is 0.325 e. The second-order valence-corrected chi connectivity index (χ2v) is 10.3. The molecule has 0 saturated carbocycles. The monoisotopic (exact) mass is 470 g/mol. The average Bonchev–Trinajstić information content (AvgIpc) is 3.03. The van der Waals surface area contributed by atoms with Crippen molar-refractivity contribution >= 4 is 27.9 Å². The molecule has 33 heavy (non-hydrogen) atoms. The van der Waals surface area contributed by atoms with Gasteiger partial charge in [-0.25, -0.2) is 13.2 Å². The van der Waals surface area contributed by atoms with E-state index in [0.717, 1.165) is 10.5 Å². The summed E-state index contributed by atoms with van der Waals surface area (Å²) in [6.45, 7) is 3.81. The quantitative estimate of drug-likeness (QED) is 0.663. The molecule has 2 aliphatic heterocycles. The average molecular weight is 471 g/mol. The Hall–Kier alpha value is -3.24. The second-order valence-electron chi connectivity index (χ2n) is 8.41. The fraction of sp³-hybridized carbons (Fsp3) is 0.348. The summed E-state index contributed by atoms with van der Waals surface area (Å²) >= 11 is 0. The summed E-state index contributed by atoms with van der Waals surface area (Å²) in [7, 11) is -3.63. The molecule has 2 heterocycles. The number of piperazine rings is 1. The van der Waals surface area contributed by atoms with Gasteiger partial charge >= 0.3 is 6.03 Å². The third-order valence-corrected chi connectivity index (χ3v) is 8.08. The maximum absolute atomic E-state index is 13.1. The van der Waals surface area contributed by atoms with Crippen molar-refractivity contribution in [3.05, 3.63) is 65.7 Å². The Kier molecular flexibility index (Phi) is 5.98. The molecule has 0 bridgehead atoms. The summed E-state index contributed by atoms with van der Waals surface area (Å²) in [6.07, 6.45) is 0. The van der Waals surface area contributed by atoms with Crippen molar-refractivity contribution in [2.75, 3.05) is 32.7 Å². The molecule has 174 valence electrons. The third kappa shape index (κ3) is 4.23. The molecule has 9 nitrogen and oxygen atoms in total. The van der Waals surface area contributed by atoms with E-state index in [1.807, 2.05) is 19.1 Å². The lowest BCUT2D eigenvalue weighted by molar-refractivity contribution is -0.139. The number of hydrogen-bond acceptors (Lipinski definition) is 5. The van der Waals surface area contributed by atoms with E-state index in [1.165, 1.54) is 21.3 Å². The third-order valence-electron chi connectivity index (χ3n) is 6.17. The number of aryl methyl sites for hydroxylation is 1. The number of rotatable bonds is 5. The van der Waals surface area contributed by atoms with Crippen LogP contribution in [0.15, 0.2) is 59.5 Å². The number of nitrogens with one attached hydrogen (secondary N) is 1. The molecule has 2 aliphatic rings. The molecule has 1 atom stereocenters. The van der Waals surface area contributed by atoms with Crippen LogP contribution in [-0.4, -0.2) is 73.1 Å². The van der Waals surface area contributed by atoms with Crippen LogP contribution in [0.3, 0.4) is 0 Å². The zero-order valence-electron chi connectivity index (χ0n) is 18.5. The molecule has 2 aromatic carbocycles. The van der Waals surface area contributed by atoms with Crippen LogP contribution in [0.4, 0.5) is 4.79 Å². The van der Waals surface area contributed by atoms with Gasteiger partial charge in [-0.1, -0.05) is 48.0 Å². The van der Waals surface area contributed by atoms with Gasteiger partial charge in [-0.15, -0.1) is 0 Å². The highest BCUT2D eigenvalue weighted by molar-refractivity contribution is 7.89. The first-order valence-electron chi connectivity index (χ1n) is 10.7. The standard InChI is InChI=1S/C23H26N4O5S/c1-17-8-10-18(11-9-17)23(2)21(29)27(22(30)24-23)16-20(28)25-12-14-26(15-13-25)33(31,32)19-6-4-3-5-7-19/h3-11H,12-16H2,1-2H3,(H,24,30). The summed E-state index contributed by atoms with van der Waals surface area (Å²) in [4.78, 5) is 41.1. The van der Waals surface area contributed by atoms with Crippen molar-refractivity contribution in [2.24, 2.45) is 0 Å². The van der Waals surface area contributed by atoms with Crippen LogP contribution < -0.4 is 5.32 Å². The van der Waals surface area contributed by atoms with Gasteiger partial charge in [0, 0.05) is 26.2 Å². The number of benzene rings is 2. The van der Waals surface area contributed by atoms with Crippen LogP contribution in [0.1, 0.15) is 18.1 Å². The molecule has 1 unspecified atom stereocenters. The van der Waals surface area contributed by atoms with Crippen molar-refractivity contribution in [1.29, 1.82) is 0 Å².